The molecule has 0 bridgehead atoms. The number of imidazole rings is 1. The van der Waals surface area contributed by atoms with Gasteiger partial charge in [-0.25, -0.2) is 4.98 Å². The van der Waals surface area contributed by atoms with Crippen LogP contribution in [0.2, 0.25) is 10.0 Å². The largest absolute Gasteiger partial charge is 0.493 e. The Morgan fingerprint density at radius 2 is 1.83 bits per heavy atom. The van der Waals surface area contributed by atoms with Gasteiger partial charge in [0.2, 0.25) is 5.91 Å². The molecular weight excluding hydrogens is 499 g/mol. The van der Waals surface area contributed by atoms with Crippen molar-refractivity contribution in [1.29, 1.82) is 0 Å². The number of aromatic nitrogens is 2. The van der Waals surface area contributed by atoms with E-state index in [0.29, 0.717) is 53.0 Å². The maximum atomic E-state index is 12.7. The maximum absolute atomic E-state index is 12.7. The zero-order valence-corrected chi connectivity index (χ0v) is 23.2. The van der Waals surface area contributed by atoms with Crippen LogP contribution in [0.3, 0.4) is 0 Å². The van der Waals surface area contributed by atoms with Crippen LogP contribution in [0.15, 0.2) is 24.3 Å². The minimum absolute atomic E-state index is 0.0608. The van der Waals surface area contributed by atoms with Crippen molar-refractivity contribution in [2.45, 2.75) is 54.0 Å². The molecule has 36 heavy (non-hydrogen) atoms. The SMILES string of the molecule is CCCNC(=O)c1cc2nc(Cc3c(Cl)ccc(CNC(=O)C(C)(C)C)c3Cl)n(C)c2cc1OCC. The minimum atomic E-state index is -0.499. The lowest BCUT2D eigenvalue weighted by Crippen LogP contribution is -2.34. The number of ether oxygens (including phenoxy) is 1. The van der Waals surface area contributed by atoms with Crippen LogP contribution in [0.4, 0.5) is 0 Å². The summed E-state index contributed by atoms with van der Waals surface area (Å²) in [5, 5.41) is 6.86. The molecule has 0 atom stereocenters. The molecule has 2 amide bonds. The summed E-state index contributed by atoms with van der Waals surface area (Å²) in [4.78, 5) is 29.8. The van der Waals surface area contributed by atoms with Gasteiger partial charge in [-0.05, 0) is 36.6 Å². The number of carbonyl (C=O) groups is 2. The molecule has 7 nitrogen and oxygen atoms in total. The molecule has 0 aliphatic heterocycles. The fraction of sp³-hybridized carbons (Fsp3) is 0.444. The summed E-state index contributed by atoms with van der Waals surface area (Å²) in [6.45, 7) is 10.8. The first-order valence-corrected chi connectivity index (χ1v) is 12.9. The molecule has 194 valence electrons. The highest BCUT2D eigenvalue weighted by atomic mass is 35.5. The van der Waals surface area contributed by atoms with Crippen molar-refractivity contribution in [3.05, 3.63) is 56.8 Å². The summed E-state index contributed by atoms with van der Waals surface area (Å²) in [5.74, 6) is 0.999. The fourth-order valence-corrected chi connectivity index (χ4v) is 4.33. The van der Waals surface area contributed by atoms with Gasteiger partial charge in [-0.15, -0.1) is 0 Å². The third-order valence-electron chi connectivity index (χ3n) is 5.88. The molecule has 0 aliphatic rings. The van der Waals surface area contributed by atoms with Crippen LogP contribution in [0.25, 0.3) is 11.0 Å². The number of amides is 2. The van der Waals surface area contributed by atoms with Crippen LogP contribution in [0.5, 0.6) is 5.75 Å². The second kappa shape index (κ2) is 11.5. The van der Waals surface area contributed by atoms with Gasteiger partial charge in [-0.2, -0.15) is 0 Å². The Labute approximate surface area is 222 Å². The second-order valence-corrected chi connectivity index (χ2v) is 10.5. The van der Waals surface area contributed by atoms with E-state index < -0.39 is 5.41 Å². The van der Waals surface area contributed by atoms with Gasteiger partial charge >= 0.3 is 0 Å². The van der Waals surface area contributed by atoms with Crippen molar-refractivity contribution < 1.29 is 14.3 Å². The molecule has 3 aromatic rings. The quantitative estimate of drug-likeness (QED) is 0.371. The Hall–Kier alpha value is -2.77. The predicted octanol–water partition coefficient (Wildman–Crippen LogP) is 5.67. The van der Waals surface area contributed by atoms with E-state index in [2.05, 4.69) is 10.6 Å². The molecule has 0 saturated heterocycles. The molecule has 0 unspecified atom stereocenters. The third-order valence-corrected chi connectivity index (χ3v) is 6.70. The highest BCUT2D eigenvalue weighted by Gasteiger charge is 2.22. The van der Waals surface area contributed by atoms with Gasteiger partial charge < -0.3 is 19.9 Å². The summed E-state index contributed by atoms with van der Waals surface area (Å²) >= 11 is 13.3. The van der Waals surface area contributed by atoms with E-state index in [0.717, 1.165) is 28.9 Å². The van der Waals surface area contributed by atoms with Crippen LogP contribution in [-0.2, 0) is 24.8 Å². The lowest BCUT2D eigenvalue weighted by Gasteiger charge is -2.18. The molecule has 3 rings (SSSR count). The maximum Gasteiger partial charge on any atom is 0.255 e. The van der Waals surface area contributed by atoms with E-state index >= 15 is 0 Å². The summed E-state index contributed by atoms with van der Waals surface area (Å²) in [7, 11) is 1.91. The van der Waals surface area contributed by atoms with Crippen LogP contribution in [0, 0.1) is 5.41 Å². The Morgan fingerprint density at radius 1 is 1.11 bits per heavy atom. The smallest absolute Gasteiger partial charge is 0.255 e. The lowest BCUT2D eigenvalue weighted by molar-refractivity contribution is -0.128. The predicted molar refractivity (Wildman–Crippen MR) is 145 cm³/mol. The number of benzene rings is 2. The van der Waals surface area contributed by atoms with Crippen LogP contribution in [-0.4, -0.2) is 34.5 Å². The normalized spacial score (nSPS) is 11.6. The zero-order valence-electron chi connectivity index (χ0n) is 21.7. The Balaban J connectivity index is 1.96. The Kier molecular flexibility index (Phi) is 8.90. The van der Waals surface area contributed by atoms with Crippen LogP contribution >= 0.6 is 23.2 Å². The minimum Gasteiger partial charge on any atom is -0.493 e. The van der Waals surface area contributed by atoms with Crippen molar-refractivity contribution in [3.8, 4) is 5.75 Å². The zero-order chi connectivity index (χ0) is 26.6. The van der Waals surface area contributed by atoms with E-state index in [1.54, 1.807) is 12.1 Å². The Morgan fingerprint density at radius 3 is 2.47 bits per heavy atom. The summed E-state index contributed by atoms with van der Waals surface area (Å²) < 4.78 is 7.72. The number of rotatable bonds is 9. The standard InChI is InChI=1S/C27H34Cl2N4O3/c1-7-11-30-25(34)18-12-20-21(14-22(18)36-8-2)33(6)23(32-20)13-17-19(28)10-9-16(24(17)29)15-31-26(35)27(3,4)5/h9-10,12,14H,7-8,11,13,15H2,1-6H3,(H,30,34)(H,31,35). The van der Waals surface area contributed by atoms with E-state index in [-0.39, 0.29) is 11.8 Å². The van der Waals surface area contributed by atoms with E-state index in [1.807, 2.05) is 58.4 Å². The van der Waals surface area contributed by atoms with Gasteiger partial charge in [-0.1, -0.05) is 57.0 Å². The topological polar surface area (TPSA) is 85.3 Å². The third kappa shape index (κ3) is 6.13. The molecule has 2 N–H and O–H groups in total. The van der Waals surface area contributed by atoms with Crippen molar-refractivity contribution in [2.24, 2.45) is 12.5 Å². The molecule has 1 heterocycles. The second-order valence-electron chi connectivity index (χ2n) is 9.72. The van der Waals surface area contributed by atoms with E-state index in [1.165, 1.54) is 0 Å². The summed E-state index contributed by atoms with van der Waals surface area (Å²) in [6.07, 6.45) is 1.22. The molecule has 1 aromatic heterocycles. The van der Waals surface area contributed by atoms with Crippen molar-refractivity contribution in [3.63, 3.8) is 0 Å². The number of hydrogen-bond donors (Lipinski definition) is 2. The number of fused-ring (bicyclic) bond motifs is 1. The highest BCUT2D eigenvalue weighted by Crippen LogP contribution is 2.32. The molecular formula is C27H34Cl2N4O3. The van der Waals surface area contributed by atoms with Gasteiger partial charge in [0, 0.05) is 43.1 Å². The lowest BCUT2D eigenvalue weighted by atomic mass is 9.95. The molecule has 0 saturated carbocycles. The highest BCUT2D eigenvalue weighted by molar-refractivity contribution is 6.36. The van der Waals surface area contributed by atoms with Gasteiger partial charge in [0.1, 0.15) is 11.6 Å². The molecule has 0 radical (unpaired) electrons. The summed E-state index contributed by atoms with van der Waals surface area (Å²) in [6, 6.07) is 7.21. The average Bonchev–Trinajstić information content (AvgIpc) is 3.12. The van der Waals surface area contributed by atoms with Gasteiger partial charge in [0.25, 0.3) is 5.91 Å². The first kappa shape index (κ1) is 27.8. The van der Waals surface area contributed by atoms with Crippen molar-refractivity contribution in [2.75, 3.05) is 13.2 Å². The van der Waals surface area contributed by atoms with Crippen molar-refractivity contribution >= 4 is 46.0 Å². The molecule has 0 fully saturated rings. The van der Waals surface area contributed by atoms with E-state index in [4.69, 9.17) is 32.9 Å². The van der Waals surface area contributed by atoms with E-state index in [9.17, 15) is 9.59 Å². The van der Waals surface area contributed by atoms with Gasteiger partial charge in [-0.3, -0.25) is 9.59 Å². The monoisotopic (exact) mass is 532 g/mol. The first-order valence-electron chi connectivity index (χ1n) is 12.1. The average molecular weight is 534 g/mol. The van der Waals surface area contributed by atoms with Crippen molar-refractivity contribution in [1.82, 2.24) is 20.2 Å². The summed E-state index contributed by atoms with van der Waals surface area (Å²) in [5.41, 5.74) is 2.97. The molecule has 9 heteroatoms. The first-order chi connectivity index (χ1) is 17.0. The number of nitrogens with one attached hydrogen (secondary N) is 2. The van der Waals surface area contributed by atoms with Gasteiger partial charge in [0.05, 0.1) is 28.2 Å². The number of nitrogens with zero attached hydrogens (tertiary/aromatic N) is 2. The van der Waals surface area contributed by atoms with Crippen LogP contribution < -0.4 is 15.4 Å². The molecule has 0 aliphatic carbocycles. The number of aryl methyl sites for hydroxylation is 1. The molecule has 2 aromatic carbocycles. The van der Waals surface area contributed by atoms with Crippen LogP contribution in [0.1, 0.15) is 68.3 Å². The molecule has 0 spiro atoms. The fourth-order valence-electron chi connectivity index (χ4n) is 3.76. The number of hydrogen-bond acceptors (Lipinski definition) is 4. The Bertz CT molecular complexity index is 1280. The number of halogens is 2. The van der Waals surface area contributed by atoms with Gasteiger partial charge in [0.15, 0.2) is 0 Å². The number of carbonyl (C=O) groups excluding carboxylic acids is 2.